The van der Waals surface area contributed by atoms with Gasteiger partial charge in [-0.2, -0.15) is 5.26 Å². The molecule has 8 heteroatoms. The van der Waals surface area contributed by atoms with Crippen molar-refractivity contribution in [3.8, 4) is 17.6 Å². The molecule has 8 nitrogen and oxygen atoms in total. The van der Waals surface area contributed by atoms with Gasteiger partial charge >= 0.3 is 0 Å². The molecule has 0 aliphatic carbocycles. The van der Waals surface area contributed by atoms with Crippen LogP contribution < -0.4 is 20.1 Å². The molecule has 31 heavy (non-hydrogen) atoms. The number of benzene rings is 2. The van der Waals surface area contributed by atoms with Crippen LogP contribution >= 0.6 is 0 Å². The molecule has 0 spiro atoms. The average Bonchev–Trinajstić information content (AvgIpc) is 3.27. The zero-order valence-corrected chi connectivity index (χ0v) is 17.3. The van der Waals surface area contributed by atoms with Crippen molar-refractivity contribution in [2.24, 2.45) is 5.92 Å². The van der Waals surface area contributed by atoms with Gasteiger partial charge in [0.2, 0.25) is 18.6 Å². The van der Waals surface area contributed by atoms with Crippen molar-refractivity contribution in [3.63, 3.8) is 0 Å². The number of hydrogen-bond donors (Lipinski definition) is 2. The van der Waals surface area contributed by atoms with Crippen LogP contribution in [-0.4, -0.2) is 42.6 Å². The Morgan fingerprint density at radius 1 is 1.10 bits per heavy atom. The van der Waals surface area contributed by atoms with E-state index < -0.39 is 0 Å². The summed E-state index contributed by atoms with van der Waals surface area (Å²) in [6.07, 6.45) is 1.34. The van der Waals surface area contributed by atoms with Crippen molar-refractivity contribution in [1.29, 1.82) is 5.26 Å². The molecule has 2 aromatic rings. The Labute approximate surface area is 180 Å². The maximum Gasteiger partial charge on any atom is 0.241 e. The number of nitriles is 1. The summed E-state index contributed by atoms with van der Waals surface area (Å²) in [5.41, 5.74) is 1.63. The molecule has 0 radical (unpaired) electrons. The minimum Gasteiger partial charge on any atom is -0.454 e. The SMILES string of the molecule is C[C@H](C(=O)Nc1ccccc1C#N)N1CCC(C(=O)Nc2ccc3c(c2)OCO3)CC1. The number of carbonyl (C=O) groups excluding carboxylic acids is 2. The van der Waals surface area contributed by atoms with E-state index >= 15 is 0 Å². The Morgan fingerprint density at radius 2 is 1.84 bits per heavy atom. The van der Waals surface area contributed by atoms with E-state index in [1.54, 1.807) is 42.5 Å². The molecule has 2 amide bonds. The Bertz CT molecular complexity index is 1020. The second-order valence-electron chi connectivity index (χ2n) is 7.69. The molecule has 1 fully saturated rings. The van der Waals surface area contributed by atoms with Gasteiger partial charge in [-0.1, -0.05) is 12.1 Å². The summed E-state index contributed by atoms with van der Waals surface area (Å²) in [6.45, 7) is 3.33. The number of carbonyl (C=O) groups is 2. The lowest BCUT2D eigenvalue weighted by molar-refractivity contribution is -0.123. The highest BCUT2D eigenvalue weighted by Crippen LogP contribution is 2.34. The zero-order valence-electron chi connectivity index (χ0n) is 17.3. The molecule has 0 bridgehead atoms. The largest absolute Gasteiger partial charge is 0.454 e. The number of rotatable bonds is 5. The number of fused-ring (bicyclic) bond motifs is 1. The molecule has 1 atom stereocenters. The Hall–Kier alpha value is -3.57. The van der Waals surface area contributed by atoms with E-state index in [0.29, 0.717) is 54.4 Å². The van der Waals surface area contributed by atoms with Crippen molar-refractivity contribution in [3.05, 3.63) is 48.0 Å². The van der Waals surface area contributed by atoms with Crippen molar-refractivity contribution < 1.29 is 19.1 Å². The van der Waals surface area contributed by atoms with Crippen molar-refractivity contribution in [2.45, 2.75) is 25.8 Å². The predicted molar refractivity (Wildman–Crippen MR) is 115 cm³/mol. The molecule has 2 aromatic carbocycles. The lowest BCUT2D eigenvalue weighted by Gasteiger charge is -2.34. The molecule has 2 aliphatic heterocycles. The van der Waals surface area contributed by atoms with Gasteiger partial charge in [0.05, 0.1) is 17.3 Å². The third kappa shape index (κ3) is 4.62. The monoisotopic (exact) mass is 420 g/mol. The summed E-state index contributed by atoms with van der Waals surface area (Å²) in [6, 6.07) is 14.0. The van der Waals surface area contributed by atoms with E-state index in [1.807, 2.05) is 6.92 Å². The van der Waals surface area contributed by atoms with E-state index in [0.717, 1.165) is 0 Å². The van der Waals surface area contributed by atoms with Crippen LogP contribution in [0.4, 0.5) is 11.4 Å². The summed E-state index contributed by atoms with van der Waals surface area (Å²) in [5, 5.41) is 15.0. The third-order valence-electron chi connectivity index (χ3n) is 5.77. The number of ether oxygens (including phenoxy) is 2. The van der Waals surface area contributed by atoms with E-state index in [9.17, 15) is 14.9 Å². The fourth-order valence-electron chi connectivity index (χ4n) is 3.86. The summed E-state index contributed by atoms with van der Waals surface area (Å²) >= 11 is 0. The number of piperidine rings is 1. The van der Waals surface area contributed by atoms with Gasteiger partial charge in [-0.15, -0.1) is 0 Å². The topological polar surface area (TPSA) is 104 Å². The molecule has 0 saturated carbocycles. The third-order valence-corrected chi connectivity index (χ3v) is 5.77. The van der Waals surface area contributed by atoms with Crippen molar-refractivity contribution in [2.75, 3.05) is 30.5 Å². The van der Waals surface area contributed by atoms with Crippen LogP contribution in [-0.2, 0) is 9.59 Å². The number of likely N-dealkylation sites (tertiary alicyclic amines) is 1. The van der Waals surface area contributed by atoms with Crippen molar-refractivity contribution in [1.82, 2.24) is 4.90 Å². The van der Waals surface area contributed by atoms with Gasteiger partial charge < -0.3 is 20.1 Å². The molecule has 0 aromatic heterocycles. The van der Waals surface area contributed by atoms with Gasteiger partial charge in [0, 0.05) is 17.7 Å². The average molecular weight is 420 g/mol. The number of nitrogens with zero attached hydrogens (tertiary/aromatic N) is 2. The van der Waals surface area contributed by atoms with E-state index in [1.165, 1.54) is 0 Å². The van der Waals surface area contributed by atoms with Gasteiger partial charge in [0.15, 0.2) is 11.5 Å². The van der Waals surface area contributed by atoms with E-state index in [4.69, 9.17) is 9.47 Å². The van der Waals surface area contributed by atoms with Gasteiger partial charge in [0.1, 0.15) is 6.07 Å². The van der Waals surface area contributed by atoms with Crippen LogP contribution in [0.1, 0.15) is 25.3 Å². The number of para-hydroxylation sites is 1. The maximum absolute atomic E-state index is 12.7. The van der Waals surface area contributed by atoms with Crippen molar-refractivity contribution >= 4 is 23.2 Å². The van der Waals surface area contributed by atoms with Gasteiger partial charge in [-0.25, -0.2) is 0 Å². The molecule has 160 valence electrons. The van der Waals surface area contributed by atoms with Gasteiger partial charge in [-0.05, 0) is 57.1 Å². The van der Waals surface area contributed by atoms with Crippen LogP contribution in [0, 0.1) is 17.2 Å². The van der Waals surface area contributed by atoms with Crippen LogP contribution in [0.5, 0.6) is 11.5 Å². The normalized spacial score (nSPS) is 16.9. The Kier molecular flexibility index (Phi) is 6.05. The van der Waals surface area contributed by atoms with Crippen LogP contribution in [0.2, 0.25) is 0 Å². The van der Waals surface area contributed by atoms with Crippen LogP contribution in [0.25, 0.3) is 0 Å². The van der Waals surface area contributed by atoms with E-state index in [-0.39, 0.29) is 30.6 Å². The number of nitrogens with one attached hydrogen (secondary N) is 2. The molecule has 4 rings (SSSR count). The standard InChI is InChI=1S/C23H24N4O4/c1-15(22(28)26-19-5-3-2-4-17(19)13-24)27-10-8-16(9-11-27)23(29)25-18-6-7-20-21(12-18)31-14-30-20/h2-7,12,15-16H,8-11,14H2,1H3,(H,25,29)(H,26,28)/t15-/m1/s1. The first-order chi connectivity index (χ1) is 15.0. The number of amides is 2. The predicted octanol–water partition coefficient (Wildman–Crippen LogP) is 2.96. The summed E-state index contributed by atoms with van der Waals surface area (Å²) in [4.78, 5) is 27.4. The maximum atomic E-state index is 12.7. The molecule has 0 unspecified atom stereocenters. The highest BCUT2D eigenvalue weighted by atomic mass is 16.7. The molecule has 2 N–H and O–H groups in total. The summed E-state index contributed by atoms with van der Waals surface area (Å²) < 4.78 is 10.6. The first-order valence-electron chi connectivity index (χ1n) is 10.3. The summed E-state index contributed by atoms with van der Waals surface area (Å²) in [7, 11) is 0. The fourth-order valence-corrected chi connectivity index (χ4v) is 3.86. The Balaban J connectivity index is 1.29. The second-order valence-corrected chi connectivity index (χ2v) is 7.69. The lowest BCUT2D eigenvalue weighted by atomic mass is 9.94. The zero-order chi connectivity index (χ0) is 21.8. The highest BCUT2D eigenvalue weighted by Gasteiger charge is 2.30. The number of anilines is 2. The van der Waals surface area contributed by atoms with Crippen LogP contribution in [0.15, 0.2) is 42.5 Å². The lowest BCUT2D eigenvalue weighted by Crippen LogP contribution is -2.47. The molecule has 2 heterocycles. The summed E-state index contributed by atoms with van der Waals surface area (Å²) in [5.74, 6) is 1.00. The minimum absolute atomic E-state index is 0.0291. The first-order valence-corrected chi connectivity index (χ1v) is 10.3. The van der Waals surface area contributed by atoms with Gasteiger partial charge in [-0.3, -0.25) is 14.5 Å². The quantitative estimate of drug-likeness (QED) is 0.771. The smallest absolute Gasteiger partial charge is 0.241 e. The van der Waals surface area contributed by atoms with Crippen LogP contribution in [0.3, 0.4) is 0 Å². The van der Waals surface area contributed by atoms with Gasteiger partial charge in [0.25, 0.3) is 0 Å². The first kappa shape index (κ1) is 20.7. The highest BCUT2D eigenvalue weighted by molar-refractivity contribution is 5.96. The second kappa shape index (κ2) is 9.06. The minimum atomic E-state index is -0.357. The molecular weight excluding hydrogens is 396 g/mol. The number of hydrogen-bond acceptors (Lipinski definition) is 6. The van der Waals surface area contributed by atoms with E-state index in [2.05, 4.69) is 21.6 Å². The Morgan fingerprint density at radius 3 is 2.61 bits per heavy atom. The molecular formula is C23H24N4O4. The molecule has 2 aliphatic rings. The fraction of sp³-hybridized carbons (Fsp3) is 0.348. The molecule has 1 saturated heterocycles.